The van der Waals surface area contributed by atoms with Crippen molar-refractivity contribution in [2.45, 2.75) is 32.5 Å². The number of pyridine rings is 1. The number of benzene rings is 1. The molecular weight excluding hydrogens is 544 g/mol. The van der Waals surface area contributed by atoms with Gasteiger partial charge in [-0.1, -0.05) is 47.8 Å². The van der Waals surface area contributed by atoms with Gasteiger partial charge in [0.2, 0.25) is 0 Å². The number of amides is 2. The number of nitrogens with zero attached hydrogens (tertiary/aromatic N) is 2. The Kier molecular flexibility index (Phi) is 13.9. The topological polar surface area (TPSA) is 83.6 Å². The Morgan fingerprint density at radius 3 is 2.25 bits per heavy atom. The molecule has 7 nitrogen and oxygen atoms in total. The van der Waals surface area contributed by atoms with Gasteiger partial charge in [0.15, 0.2) is 0 Å². The molecule has 2 rings (SSSR count). The van der Waals surface area contributed by atoms with E-state index >= 15 is 0 Å². The van der Waals surface area contributed by atoms with Gasteiger partial charge in [0.05, 0.1) is 45.0 Å². The molecule has 13 heteroatoms. The van der Waals surface area contributed by atoms with Gasteiger partial charge in [0.1, 0.15) is 0 Å². The largest absolute Gasteiger partial charge is 0.450 e. The first-order valence-electron chi connectivity index (χ1n) is 10.9. The molecule has 0 fully saturated rings. The van der Waals surface area contributed by atoms with Crippen molar-refractivity contribution >= 4 is 46.8 Å². The van der Waals surface area contributed by atoms with Gasteiger partial charge in [-0.05, 0) is 51.7 Å². The molecule has 0 aliphatic carbocycles. The number of ether oxygens (including phenoxy) is 1. The van der Waals surface area contributed by atoms with Crippen LogP contribution in [0.3, 0.4) is 0 Å². The number of halogens is 6. The maximum atomic E-state index is 12.5. The van der Waals surface area contributed by atoms with Crippen LogP contribution >= 0.6 is 34.8 Å². The molecule has 2 N–H and O–H groups in total. The summed E-state index contributed by atoms with van der Waals surface area (Å²) < 4.78 is 42.4. The quantitative estimate of drug-likeness (QED) is 0.357. The van der Waals surface area contributed by atoms with Crippen molar-refractivity contribution < 1.29 is 27.5 Å². The van der Waals surface area contributed by atoms with E-state index < -0.39 is 17.6 Å². The van der Waals surface area contributed by atoms with Crippen molar-refractivity contribution in [2.24, 2.45) is 0 Å². The number of hydrogen-bond acceptors (Lipinski definition) is 5. The first kappa shape index (κ1) is 31.8. The number of alkyl halides is 3. The van der Waals surface area contributed by atoms with Crippen molar-refractivity contribution in [1.29, 1.82) is 0 Å². The fourth-order valence-corrected chi connectivity index (χ4v) is 3.35. The molecule has 0 saturated heterocycles. The average Bonchev–Trinajstić information content (AvgIpc) is 2.79. The van der Waals surface area contributed by atoms with Gasteiger partial charge in [-0.2, -0.15) is 13.2 Å². The fraction of sp³-hybridized carbons (Fsp3) is 0.435. The molecule has 0 spiro atoms. The molecule has 0 saturated carbocycles. The lowest BCUT2D eigenvalue weighted by Crippen LogP contribution is -2.27. The third-order valence-corrected chi connectivity index (χ3v) is 5.30. The highest BCUT2D eigenvalue weighted by Gasteiger charge is 2.31. The van der Waals surface area contributed by atoms with Crippen molar-refractivity contribution in [3.63, 3.8) is 0 Å². The average molecular weight is 572 g/mol. The van der Waals surface area contributed by atoms with Crippen molar-refractivity contribution in [3.05, 3.63) is 62.4 Å². The molecular formula is C23H28Cl3F3N4O3. The number of aromatic nitrogens is 1. The summed E-state index contributed by atoms with van der Waals surface area (Å²) in [5, 5.41) is 5.25. The number of carbonyl (C=O) groups is 2. The minimum atomic E-state index is -4.54. The van der Waals surface area contributed by atoms with E-state index in [1.54, 1.807) is 6.07 Å². The van der Waals surface area contributed by atoms with Gasteiger partial charge < -0.3 is 20.3 Å². The van der Waals surface area contributed by atoms with E-state index in [4.69, 9.17) is 39.5 Å². The molecule has 0 unspecified atom stereocenters. The van der Waals surface area contributed by atoms with Crippen LogP contribution in [0.5, 0.6) is 0 Å². The van der Waals surface area contributed by atoms with Gasteiger partial charge >= 0.3 is 12.3 Å². The van der Waals surface area contributed by atoms with E-state index in [2.05, 4.69) is 20.5 Å². The van der Waals surface area contributed by atoms with Gasteiger partial charge in [-0.3, -0.25) is 9.78 Å². The Morgan fingerprint density at radius 2 is 1.72 bits per heavy atom. The van der Waals surface area contributed by atoms with Crippen LogP contribution in [0.2, 0.25) is 15.1 Å². The van der Waals surface area contributed by atoms with Gasteiger partial charge in [-0.15, -0.1) is 0 Å². The van der Waals surface area contributed by atoms with Crippen LogP contribution in [0.4, 0.5) is 18.0 Å². The maximum Gasteiger partial charge on any atom is 0.417 e. The van der Waals surface area contributed by atoms with Gasteiger partial charge in [0, 0.05) is 12.7 Å². The number of rotatable bonds is 9. The Balaban J connectivity index is 0.000000426. The Hall–Kier alpha value is -2.27. The smallest absolute Gasteiger partial charge is 0.417 e. The van der Waals surface area contributed by atoms with Crippen LogP contribution in [0.1, 0.15) is 41.4 Å². The summed E-state index contributed by atoms with van der Waals surface area (Å²) in [5.74, 6) is -0.585. The van der Waals surface area contributed by atoms with Crippen LogP contribution < -0.4 is 10.6 Å². The lowest BCUT2D eigenvalue weighted by atomic mass is 10.2. The summed E-state index contributed by atoms with van der Waals surface area (Å²) in [5.41, 5.74) is -0.804. The third-order valence-electron chi connectivity index (χ3n) is 4.34. The van der Waals surface area contributed by atoms with E-state index in [0.717, 1.165) is 25.5 Å². The number of alkyl carbamates (subject to hydrolysis) is 1. The highest BCUT2D eigenvalue weighted by Crippen LogP contribution is 2.31. The molecule has 2 amide bonds. The molecule has 2 aromatic rings. The first-order valence-corrected chi connectivity index (χ1v) is 12.0. The number of hydrogen-bond donors (Lipinski definition) is 2. The second kappa shape index (κ2) is 15.8. The predicted octanol–water partition coefficient (Wildman–Crippen LogP) is 6.06. The normalized spacial score (nSPS) is 10.9. The SMILES string of the molecule is CCCOC(=O)NCCCN(C)C.O=C(NCc1ncc(C(F)(F)F)cc1Cl)c1c(Cl)cccc1Cl. The van der Waals surface area contributed by atoms with Crippen molar-refractivity contribution in [2.75, 3.05) is 33.8 Å². The van der Waals surface area contributed by atoms with E-state index in [1.807, 2.05) is 21.0 Å². The molecule has 0 radical (unpaired) electrons. The Labute approximate surface area is 223 Å². The van der Waals surface area contributed by atoms with Crippen LogP contribution in [0, 0.1) is 0 Å². The summed E-state index contributed by atoms with van der Waals surface area (Å²) in [6.07, 6.45) is -2.38. The molecule has 36 heavy (non-hydrogen) atoms. The zero-order valence-corrected chi connectivity index (χ0v) is 22.3. The molecule has 1 aromatic heterocycles. The lowest BCUT2D eigenvalue weighted by molar-refractivity contribution is -0.137. The summed E-state index contributed by atoms with van der Waals surface area (Å²) in [6, 6.07) is 5.31. The molecule has 200 valence electrons. The van der Waals surface area contributed by atoms with Crippen LogP contribution in [0.25, 0.3) is 0 Å². The van der Waals surface area contributed by atoms with E-state index in [1.165, 1.54) is 12.1 Å². The van der Waals surface area contributed by atoms with Crippen LogP contribution in [-0.2, 0) is 17.5 Å². The van der Waals surface area contributed by atoms with Gasteiger partial charge in [0.25, 0.3) is 5.91 Å². The standard InChI is InChI=1S/C14H8Cl3F3N2O.C9H20N2O2/c15-8-2-1-3-9(16)12(8)13(23)22-6-11-10(17)4-7(5-21-11)14(18,19)20;1-4-8-13-9(12)10-6-5-7-11(2)3/h1-5H,6H2,(H,22,23);4-8H2,1-3H3,(H,10,12). The summed E-state index contributed by atoms with van der Waals surface area (Å²) in [4.78, 5) is 28.7. The highest BCUT2D eigenvalue weighted by atomic mass is 35.5. The fourth-order valence-electron chi connectivity index (χ4n) is 2.55. The van der Waals surface area contributed by atoms with Crippen molar-refractivity contribution in [1.82, 2.24) is 20.5 Å². The molecule has 1 heterocycles. The Bertz CT molecular complexity index is 988. The predicted molar refractivity (Wildman–Crippen MR) is 135 cm³/mol. The van der Waals surface area contributed by atoms with E-state index in [0.29, 0.717) is 19.3 Å². The third kappa shape index (κ3) is 11.6. The molecule has 0 aliphatic heterocycles. The van der Waals surface area contributed by atoms with Crippen LogP contribution in [0.15, 0.2) is 30.5 Å². The van der Waals surface area contributed by atoms with Crippen LogP contribution in [-0.4, -0.2) is 55.7 Å². The molecule has 0 bridgehead atoms. The number of carbonyl (C=O) groups excluding carboxylic acids is 2. The van der Waals surface area contributed by atoms with Gasteiger partial charge in [-0.25, -0.2) is 4.79 Å². The summed E-state index contributed by atoms with van der Waals surface area (Å²) in [7, 11) is 4.02. The summed E-state index contributed by atoms with van der Waals surface area (Å²) >= 11 is 17.6. The molecule has 1 aromatic carbocycles. The summed E-state index contributed by atoms with van der Waals surface area (Å²) in [6.45, 7) is 3.96. The zero-order valence-electron chi connectivity index (χ0n) is 20.0. The van der Waals surface area contributed by atoms with E-state index in [9.17, 15) is 22.8 Å². The van der Waals surface area contributed by atoms with Crippen molar-refractivity contribution in [3.8, 4) is 0 Å². The first-order chi connectivity index (χ1) is 16.9. The minimum Gasteiger partial charge on any atom is -0.450 e. The lowest BCUT2D eigenvalue weighted by Gasteiger charge is -2.11. The van der Waals surface area contributed by atoms with E-state index in [-0.39, 0.29) is 39.0 Å². The second-order valence-electron chi connectivity index (χ2n) is 7.65. The second-order valence-corrected chi connectivity index (χ2v) is 8.87. The number of nitrogens with one attached hydrogen (secondary N) is 2. The highest BCUT2D eigenvalue weighted by molar-refractivity contribution is 6.39. The zero-order chi connectivity index (χ0) is 27.3. The minimum absolute atomic E-state index is 0.0684. The Morgan fingerprint density at radius 1 is 1.08 bits per heavy atom. The maximum absolute atomic E-state index is 12.5. The monoisotopic (exact) mass is 570 g/mol. The molecule has 0 atom stereocenters. The molecule has 0 aliphatic rings.